The Labute approximate surface area is 150 Å². The fourth-order valence-electron chi connectivity index (χ4n) is 3.93. The Bertz CT molecular complexity index is 593. The molecule has 0 bridgehead atoms. The van der Waals surface area contributed by atoms with Crippen LogP contribution in [0.15, 0.2) is 24.3 Å². The van der Waals surface area contributed by atoms with Crippen molar-refractivity contribution in [1.29, 1.82) is 0 Å². The molecule has 2 aliphatic rings. The number of benzene rings is 1. The van der Waals surface area contributed by atoms with Gasteiger partial charge in [-0.2, -0.15) is 0 Å². The summed E-state index contributed by atoms with van der Waals surface area (Å²) in [5.41, 5.74) is 7.33. The van der Waals surface area contributed by atoms with E-state index >= 15 is 0 Å². The summed E-state index contributed by atoms with van der Waals surface area (Å²) in [6, 6.07) is 7.50. The lowest BCUT2D eigenvalue weighted by atomic mass is 10.0. The van der Waals surface area contributed by atoms with Crippen LogP contribution in [0.5, 0.6) is 0 Å². The molecular weight excluding hydrogens is 314 g/mol. The van der Waals surface area contributed by atoms with Crippen molar-refractivity contribution in [3.05, 3.63) is 35.4 Å². The summed E-state index contributed by atoms with van der Waals surface area (Å²) in [4.78, 5) is 29.1. The Morgan fingerprint density at radius 3 is 2.24 bits per heavy atom. The normalized spacial score (nSPS) is 19.1. The molecule has 5 nitrogen and oxygen atoms in total. The lowest BCUT2D eigenvalue weighted by Gasteiger charge is -2.23. The van der Waals surface area contributed by atoms with E-state index < -0.39 is 0 Å². The molecule has 1 saturated heterocycles. The summed E-state index contributed by atoms with van der Waals surface area (Å²) in [6.45, 7) is 3.23. The summed E-state index contributed by atoms with van der Waals surface area (Å²) in [7, 11) is 0. The second-order valence-electron chi connectivity index (χ2n) is 7.28. The van der Waals surface area contributed by atoms with Crippen LogP contribution >= 0.6 is 0 Å². The molecule has 5 heteroatoms. The summed E-state index contributed by atoms with van der Waals surface area (Å²) in [5, 5.41) is 0. The van der Waals surface area contributed by atoms with E-state index in [0.29, 0.717) is 44.1 Å². The van der Waals surface area contributed by atoms with Crippen molar-refractivity contribution in [1.82, 2.24) is 9.80 Å². The number of carbonyl (C=O) groups is 2. The van der Waals surface area contributed by atoms with Gasteiger partial charge in [-0.15, -0.1) is 0 Å². The zero-order valence-corrected chi connectivity index (χ0v) is 15.0. The molecule has 1 heterocycles. The van der Waals surface area contributed by atoms with Crippen molar-refractivity contribution in [2.24, 2.45) is 11.7 Å². The smallest absolute Gasteiger partial charge is 0.253 e. The van der Waals surface area contributed by atoms with Crippen molar-refractivity contribution >= 4 is 11.8 Å². The van der Waals surface area contributed by atoms with Gasteiger partial charge in [0, 0.05) is 44.7 Å². The maximum absolute atomic E-state index is 12.7. The highest BCUT2D eigenvalue weighted by atomic mass is 16.2. The van der Waals surface area contributed by atoms with E-state index in [1.807, 2.05) is 34.1 Å². The standard InChI is InChI=1S/C20H29N3O2/c21-15-17-6-8-18(9-7-17)20(25)23-11-3-10-22(12-13-23)19(24)14-16-4-1-2-5-16/h6-9,16H,1-5,10-15,21H2. The van der Waals surface area contributed by atoms with Crippen LogP contribution < -0.4 is 5.73 Å². The van der Waals surface area contributed by atoms with Gasteiger partial charge in [0.1, 0.15) is 0 Å². The van der Waals surface area contributed by atoms with Gasteiger partial charge in [0.05, 0.1) is 0 Å². The largest absolute Gasteiger partial charge is 0.341 e. The van der Waals surface area contributed by atoms with E-state index in [9.17, 15) is 9.59 Å². The zero-order valence-electron chi connectivity index (χ0n) is 15.0. The minimum Gasteiger partial charge on any atom is -0.341 e. The molecule has 0 aromatic heterocycles. The van der Waals surface area contributed by atoms with Gasteiger partial charge in [0.15, 0.2) is 0 Å². The van der Waals surface area contributed by atoms with Crippen LogP contribution in [0.4, 0.5) is 0 Å². The molecule has 1 aromatic rings. The van der Waals surface area contributed by atoms with Crippen LogP contribution in [0.3, 0.4) is 0 Å². The summed E-state index contributed by atoms with van der Waals surface area (Å²) >= 11 is 0. The van der Waals surface area contributed by atoms with Crippen LogP contribution in [0.25, 0.3) is 0 Å². The van der Waals surface area contributed by atoms with Gasteiger partial charge in [-0.3, -0.25) is 9.59 Å². The molecule has 0 atom stereocenters. The first kappa shape index (κ1) is 17.9. The minimum atomic E-state index is 0.0497. The van der Waals surface area contributed by atoms with Crippen LogP contribution in [-0.2, 0) is 11.3 Å². The Kier molecular flexibility index (Phi) is 6.08. The molecule has 136 valence electrons. The predicted molar refractivity (Wildman–Crippen MR) is 98.0 cm³/mol. The highest BCUT2D eigenvalue weighted by Gasteiger charge is 2.25. The molecule has 3 rings (SSSR count). The average Bonchev–Trinajstić information content (AvgIpc) is 3.02. The first-order valence-electron chi connectivity index (χ1n) is 9.53. The Morgan fingerprint density at radius 2 is 1.56 bits per heavy atom. The van der Waals surface area contributed by atoms with E-state index in [2.05, 4.69) is 0 Å². The molecule has 2 fully saturated rings. The van der Waals surface area contributed by atoms with Crippen molar-refractivity contribution in [3.63, 3.8) is 0 Å². The van der Waals surface area contributed by atoms with Gasteiger partial charge < -0.3 is 15.5 Å². The van der Waals surface area contributed by atoms with Gasteiger partial charge in [-0.05, 0) is 42.9 Å². The SMILES string of the molecule is NCc1ccc(C(=O)N2CCCN(C(=O)CC3CCCC3)CC2)cc1. The van der Waals surface area contributed by atoms with Gasteiger partial charge >= 0.3 is 0 Å². The number of amides is 2. The lowest BCUT2D eigenvalue weighted by Crippen LogP contribution is -2.37. The van der Waals surface area contributed by atoms with E-state index in [4.69, 9.17) is 5.73 Å². The molecule has 2 amide bonds. The van der Waals surface area contributed by atoms with E-state index in [0.717, 1.165) is 18.5 Å². The van der Waals surface area contributed by atoms with Crippen molar-refractivity contribution in [3.8, 4) is 0 Å². The molecule has 0 unspecified atom stereocenters. The number of carbonyl (C=O) groups excluding carboxylic acids is 2. The fourth-order valence-corrected chi connectivity index (χ4v) is 3.93. The summed E-state index contributed by atoms with van der Waals surface area (Å²) < 4.78 is 0. The topological polar surface area (TPSA) is 66.6 Å². The van der Waals surface area contributed by atoms with E-state index in [1.54, 1.807) is 0 Å². The van der Waals surface area contributed by atoms with E-state index in [-0.39, 0.29) is 11.8 Å². The van der Waals surface area contributed by atoms with Crippen molar-refractivity contribution < 1.29 is 9.59 Å². The third kappa shape index (κ3) is 4.60. The second-order valence-corrected chi connectivity index (χ2v) is 7.28. The molecule has 1 aliphatic heterocycles. The van der Waals surface area contributed by atoms with Crippen LogP contribution in [-0.4, -0.2) is 47.8 Å². The Hall–Kier alpha value is -1.88. The second kappa shape index (κ2) is 8.48. The first-order chi connectivity index (χ1) is 12.2. The molecular formula is C20H29N3O2. The predicted octanol–water partition coefficient (Wildman–Crippen LogP) is 2.40. The molecule has 0 radical (unpaired) electrons. The fraction of sp³-hybridized carbons (Fsp3) is 0.600. The van der Waals surface area contributed by atoms with E-state index in [1.165, 1.54) is 25.7 Å². The lowest BCUT2D eigenvalue weighted by molar-refractivity contribution is -0.132. The molecule has 1 aliphatic carbocycles. The maximum Gasteiger partial charge on any atom is 0.253 e. The maximum atomic E-state index is 12.7. The highest BCUT2D eigenvalue weighted by Crippen LogP contribution is 2.28. The van der Waals surface area contributed by atoms with Crippen molar-refractivity contribution in [2.75, 3.05) is 26.2 Å². The number of rotatable bonds is 4. The van der Waals surface area contributed by atoms with Gasteiger partial charge in [-0.1, -0.05) is 25.0 Å². The third-order valence-electron chi connectivity index (χ3n) is 5.51. The van der Waals surface area contributed by atoms with Gasteiger partial charge in [0.25, 0.3) is 5.91 Å². The number of hydrogen-bond donors (Lipinski definition) is 1. The number of nitrogens with zero attached hydrogens (tertiary/aromatic N) is 2. The first-order valence-corrected chi connectivity index (χ1v) is 9.53. The Balaban J connectivity index is 1.54. The summed E-state index contributed by atoms with van der Waals surface area (Å²) in [5.74, 6) is 0.900. The summed E-state index contributed by atoms with van der Waals surface area (Å²) in [6.07, 6.45) is 6.47. The van der Waals surface area contributed by atoms with Crippen LogP contribution in [0.1, 0.15) is 54.4 Å². The molecule has 0 spiro atoms. The average molecular weight is 343 g/mol. The third-order valence-corrected chi connectivity index (χ3v) is 5.51. The molecule has 25 heavy (non-hydrogen) atoms. The molecule has 1 saturated carbocycles. The van der Waals surface area contributed by atoms with Gasteiger partial charge in [0.2, 0.25) is 5.91 Å². The van der Waals surface area contributed by atoms with Gasteiger partial charge in [-0.25, -0.2) is 0 Å². The number of nitrogens with two attached hydrogens (primary N) is 1. The zero-order chi connectivity index (χ0) is 17.6. The van der Waals surface area contributed by atoms with Crippen molar-refractivity contribution in [2.45, 2.75) is 45.1 Å². The highest BCUT2D eigenvalue weighted by molar-refractivity contribution is 5.94. The quantitative estimate of drug-likeness (QED) is 0.913. The molecule has 2 N–H and O–H groups in total. The minimum absolute atomic E-state index is 0.0497. The monoisotopic (exact) mass is 343 g/mol. The van der Waals surface area contributed by atoms with Crippen LogP contribution in [0.2, 0.25) is 0 Å². The Morgan fingerprint density at radius 1 is 0.920 bits per heavy atom. The molecule has 1 aromatic carbocycles. The number of hydrogen-bond acceptors (Lipinski definition) is 3. The van der Waals surface area contributed by atoms with Crippen LogP contribution in [0, 0.1) is 5.92 Å².